The molecule has 4 aliphatic carbocycles. The lowest BCUT2D eigenvalue weighted by atomic mass is 9.43. The molecule has 4 fully saturated rings. The van der Waals surface area contributed by atoms with Crippen LogP contribution >= 0.6 is 0 Å². The summed E-state index contributed by atoms with van der Waals surface area (Å²) in [5.41, 5.74) is -0.235. The molecule has 206 valence electrons. The van der Waals surface area contributed by atoms with E-state index in [1.54, 1.807) is 13.8 Å². The van der Waals surface area contributed by atoms with Crippen LogP contribution in [0.2, 0.25) is 0 Å². The maximum Gasteiger partial charge on any atom is 0.326 e. The van der Waals surface area contributed by atoms with Gasteiger partial charge in [0.05, 0.1) is 18.3 Å². The fourth-order valence-corrected chi connectivity index (χ4v) is 9.45. The van der Waals surface area contributed by atoms with Gasteiger partial charge in [-0.25, -0.2) is 4.79 Å². The molecule has 0 saturated heterocycles. The zero-order valence-corrected chi connectivity index (χ0v) is 22.8. The van der Waals surface area contributed by atoms with Gasteiger partial charge in [0, 0.05) is 6.42 Å². The number of aliphatic hydroxyl groups is 3. The summed E-state index contributed by atoms with van der Waals surface area (Å²) in [5.74, 6) is 0.0761. The first kappa shape index (κ1) is 27.8. The number of carbonyl (C=O) groups excluding carboxylic acids is 1. The number of amides is 1. The third kappa shape index (κ3) is 4.62. The second-order valence-electron chi connectivity index (χ2n) is 13.7. The van der Waals surface area contributed by atoms with Crippen LogP contribution in [-0.4, -0.2) is 56.7 Å². The van der Waals surface area contributed by atoms with E-state index in [0.717, 1.165) is 38.5 Å². The van der Waals surface area contributed by atoms with Gasteiger partial charge in [0.2, 0.25) is 5.91 Å². The Hall–Kier alpha value is -1.18. The summed E-state index contributed by atoms with van der Waals surface area (Å²) in [6, 6.07) is -0.878. The van der Waals surface area contributed by atoms with Crippen molar-refractivity contribution in [1.29, 1.82) is 0 Å². The standard InChI is InChI=1S/C29H49NO6/c1-15(2)26(27(35)36)30-24(34)9-6-16(3)19-7-8-20-25-21(14-23(33)29(19,20)5)28(4)11-10-18(31)12-17(28)13-22(25)32/h15-23,25-26,31-33H,6-14H2,1-5H3,(H,30,34)(H,35,36)/t16?,17-,18+,19+,20-,21-,22+,23-,25-,26?,28-,29+/m0/s1. The Morgan fingerprint density at radius 1 is 0.972 bits per heavy atom. The van der Waals surface area contributed by atoms with E-state index in [-0.39, 0.29) is 70.9 Å². The molecule has 1 amide bonds. The topological polar surface area (TPSA) is 127 Å². The predicted molar refractivity (Wildman–Crippen MR) is 137 cm³/mol. The molecule has 0 aliphatic heterocycles. The summed E-state index contributed by atoms with van der Waals surface area (Å²) in [6.45, 7) is 10.3. The molecular weight excluding hydrogens is 458 g/mol. The van der Waals surface area contributed by atoms with Crippen LogP contribution < -0.4 is 5.32 Å². The van der Waals surface area contributed by atoms with Crippen LogP contribution in [0, 0.1) is 52.3 Å². The van der Waals surface area contributed by atoms with Crippen molar-refractivity contribution >= 4 is 11.9 Å². The quantitative estimate of drug-likeness (QED) is 0.358. The van der Waals surface area contributed by atoms with Gasteiger partial charge in [0.15, 0.2) is 0 Å². The van der Waals surface area contributed by atoms with Crippen LogP contribution in [0.15, 0.2) is 0 Å². The molecule has 0 aromatic heterocycles. The average Bonchev–Trinajstić information content (AvgIpc) is 3.16. The Morgan fingerprint density at radius 2 is 1.67 bits per heavy atom. The van der Waals surface area contributed by atoms with Crippen LogP contribution in [0.5, 0.6) is 0 Å². The Labute approximate surface area is 216 Å². The molecule has 4 saturated carbocycles. The molecule has 36 heavy (non-hydrogen) atoms. The monoisotopic (exact) mass is 507 g/mol. The van der Waals surface area contributed by atoms with E-state index < -0.39 is 18.1 Å². The SMILES string of the molecule is CC(C)C(NC(=O)CCC(C)[C@H]1CC[C@H]2[C@@H]3[C@H](O)C[C@@H]4C[C@H](O)CC[C@]4(C)[C@H]3C[C@H](O)[C@]12C)C(=O)O. The first-order valence-electron chi connectivity index (χ1n) is 14.4. The van der Waals surface area contributed by atoms with Gasteiger partial charge in [-0.3, -0.25) is 4.79 Å². The number of carbonyl (C=O) groups is 2. The molecule has 12 atom stereocenters. The summed E-state index contributed by atoms with van der Waals surface area (Å²) in [5, 5.41) is 45.4. The van der Waals surface area contributed by atoms with Gasteiger partial charge in [0.1, 0.15) is 6.04 Å². The smallest absolute Gasteiger partial charge is 0.326 e. The van der Waals surface area contributed by atoms with E-state index in [0.29, 0.717) is 18.8 Å². The van der Waals surface area contributed by atoms with Crippen LogP contribution in [0.4, 0.5) is 0 Å². The zero-order valence-electron chi connectivity index (χ0n) is 22.8. The van der Waals surface area contributed by atoms with E-state index in [1.807, 2.05) is 0 Å². The van der Waals surface area contributed by atoms with E-state index in [4.69, 9.17) is 0 Å². The van der Waals surface area contributed by atoms with Gasteiger partial charge in [0.25, 0.3) is 0 Å². The van der Waals surface area contributed by atoms with Crippen LogP contribution in [0.1, 0.15) is 92.4 Å². The predicted octanol–water partition coefficient (Wildman–Crippen LogP) is 3.59. The van der Waals surface area contributed by atoms with Gasteiger partial charge in [-0.2, -0.15) is 0 Å². The lowest BCUT2D eigenvalue weighted by Crippen LogP contribution is -2.62. The first-order valence-corrected chi connectivity index (χ1v) is 14.4. The summed E-state index contributed by atoms with van der Waals surface area (Å²) < 4.78 is 0. The first-order chi connectivity index (χ1) is 16.8. The highest BCUT2D eigenvalue weighted by atomic mass is 16.4. The molecule has 0 aromatic rings. The van der Waals surface area contributed by atoms with Gasteiger partial charge < -0.3 is 25.7 Å². The number of carboxylic acid groups (broad SMARTS) is 1. The molecule has 0 radical (unpaired) electrons. The van der Waals surface area contributed by atoms with Gasteiger partial charge in [-0.05, 0) is 104 Å². The Morgan fingerprint density at radius 3 is 2.31 bits per heavy atom. The zero-order chi connectivity index (χ0) is 26.6. The molecular formula is C29H49NO6. The lowest BCUT2D eigenvalue weighted by Gasteiger charge is -2.63. The minimum atomic E-state index is -1.01. The lowest BCUT2D eigenvalue weighted by molar-refractivity contribution is -0.207. The van der Waals surface area contributed by atoms with E-state index >= 15 is 0 Å². The highest BCUT2D eigenvalue weighted by Gasteiger charge is 2.65. The van der Waals surface area contributed by atoms with Crippen molar-refractivity contribution in [3.05, 3.63) is 0 Å². The number of aliphatic hydroxyl groups excluding tert-OH is 3. The summed E-state index contributed by atoms with van der Waals surface area (Å²) in [7, 11) is 0. The molecule has 0 heterocycles. The fourth-order valence-electron chi connectivity index (χ4n) is 9.45. The number of carboxylic acids is 1. The number of rotatable bonds is 7. The minimum absolute atomic E-state index is 0.0598. The van der Waals surface area contributed by atoms with Crippen molar-refractivity contribution in [1.82, 2.24) is 5.32 Å². The molecule has 7 nitrogen and oxygen atoms in total. The highest BCUT2D eigenvalue weighted by molar-refractivity contribution is 5.83. The molecule has 7 heteroatoms. The third-order valence-corrected chi connectivity index (χ3v) is 11.6. The molecule has 4 aliphatic rings. The van der Waals surface area contributed by atoms with Crippen molar-refractivity contribution in [3.8, 4) is 0 Å². The van der Waals surface area contributed by atoms with Crippen molar-refractivity contribution < 1.29 is 30.0 Å². The van der Waals surface area contributed by atoms with Crippen molar-refractivity contribution in [2.75, 3.05) is 0 Å². The Kier molecular flexibility index (Phi) is 7.87. The molecule has 0 bridgehead atoms. The number of hydrogen-bond donors (Lipinski definition) is 5. The maximum absolute atomic E-state index is 12.6. The summed E-state index contributed by atoms with van der Waals surface area (Å²) in [4.78, 5) is 24.0. The molecule has 0 aromatic carbocycles. The molecule has 2 unspecified atom stereocenters. The van der Waals surface area contributed by atoms with E-state index in [1.165, 1.54) is 0 Å². The van der Waals surface area contributed by atoms with Crippen LogP contribution in [0.25, 0.3) is 0 Å². The van der Waals surface area contributed by atoms with E-state index in [9.17, 15) is 30.0 Å². The molecule has 5 N–H and O–H groups in total. The Bertz CT molecular complexity index is 833. The third-order valence-electron chi connectivity index (χ3n) is 11.6. The summed E-state index contributed by atoms with van der Waals surface area (Å²) >= 11 is 0. The summed E-state index contributed by atoms with van der Waals surface area (Å²) in [6.07, 6.45) is 5.79. The Balaban J connectivity index is 1.46. The average molecular weight is 508 g/mol. The number of hydrogen-bond acceptors (Lipinski definition) is 5. The van der Waals surface area contributed by atoms with Gasteiger partial charge in [-0.1, -0.05) is 34.6 Å². The van der Waals surface area contributed by atoms with Gasteiger partial charge >= 0.3 is 5.97 Å². The van der Waals surface area contributed by atoms with Crippen LogP contribution in [0.3, 0.4) is 0 Å². The normalized spacial score (nSPS) is 45.8. The fraction of sp³-hybridized carbons (Fsp3) is 0.931. The maximum atomic E-state index is 12.6. The van der Waals surface area contributed by atoms with E-state index in [2.05, 4.69) is 26.1 Å². The van der Waals surface area contributed by atoms with Crippen molar-refractivity contribution in [3.63, 3.8) is 0 Å². The molecule has 0 spiro atoms. The minimum Gasteiger partial charge on any atom is -0.480 e. The van der Waals surface area contributed by atoms with Gasteiger partial charge in [-0.15, -0.1) is 0 Å². The van der Waals surface area contributed by atoms with Crippen molar-refractivity contribution in [2.45, 2.75) is 117 Å². The highest BCUT2D eigenvalue weighted by Crippen LogP contribution is 2.68. The second kappa shape index (κ2) is 10.2. The van der Waals surface area contributed by atoms with Crippen LogP contribution in [-0.2, 0) is 9.59 Å². The number of aliphatic carboxylic acids is 1. The second-order valence-corrected chi connectivity index (χ2v) is 13.7. The largest absolute Gasteiger partial charge is 0.480 e. The van der Waals surface area contributed by atoms with Crippen molar-refractivity contribution in [2.24, 2.45) is 52.3 Å². The number of nitrogens with one attached hydrogen (secondary N) is 1. The molecule has 4 rings (SSSR count). The number of fused-ring (bicyclic) bond motifs is 5.